The second kappa shape index (κ2) is 4.32. The molecule has 1 N–H and O–H groups in total. The van der Waals surface area contributed by atoms with Gasteiger partial charge in [0.05, 0.1) is 6.20 Å². The summed E-state index contributed by atoms with van der Waals surface area (Å²) in [6.45, 7) is 1.53. The van der Waals surface area contributed by atoms with Gasteiger partial charge < -0.3 is 9.84 Å². The Morgan fingerprint density at radius 3 is 2.53 bits per heavy atom. The molecule has 0 bridgehead atoms. The van der Waals surface area contributed by atoms with Crippen molar-refractivity contribution in [3.8, 4) is 0 Å². The average Bonchev–Trinajstić information content (AvgIpc) is 2.70. The number of amides is 1. The van der Waals surface area contributed by atoms with Gasteiger partial charge in [-0.15, -0.1) is 0 Å². The first-order valence-electron chi connectivity index (χ1n) is 4.76. The van der Waals surface area contributed by atoms with Crippen molar-refractivity contribution in [3.05, 3.63) is 47.4 Å². The third-order valence-corrected chi connectivity index (χ3v) is 2.20. The van der Waals surface area contributed by atoms with Gasteiger partial charge >= 0.3 is 0 Å². The van der Waals surface area contributed by atoms with Crippen molar-refractivity contribution in [3.63, 3.8) is 0 Å². The van der Waals surface area contributed by atoms with Gasteiger partial charge in [-0.1, -0.05) is 11.2 Å². The van der Waals surface area contributed by atoms with E-state index in [2.05, 4.69) is 15.0 Å². The zero-order valence-corrected chi connectivity index (χ0v) is 8.83. The van der Waals surface area contributed by atoms with Crippen molar-refractivity contribution < 1.29 is 18.1 Å². The Kier molecular flexibility index (Phi) is 2.86. The van der Waals surface area contributed by atoms with Crippen LogP contribution in [0.4, 0.5) is 14.5 Å². The molecule has 4 nitrogen and oxygen atoms in total. The first-order chi connectivity index (χ1) is 8.09. The minimum atomic E-state index is -0.840. The minimum absolute atomic E-state index is 0.132. The molecule has 88 valence electrons. The summed E-state index contributed by atoms with van der Waals surface area (Å²) >= 11 is 0. The molecule has 1 heterocycles. The van der Waals surface area contributed by atoms with Crippen molar-refractivity contribution >= 4 is 11.6 Å². The molecule has 1 aromatic carbocycles. The lowest BCUT2D eigenvalue weighted by atomic mass is 10.2. The summed E-state index contributed by atoms with van der Waals surface area (Å²) in [6, 6.07) is 3.32. The van der Waals surface area contributed by atoms with Crippen LogP contribution in [0.2, 0.25) is 0 Å². The zero-order valence-electron chi connectivity index (χ0n) is 8.83. The number of halogens is 2. The maximum Gasteiger partial charge on any atom is 0.261 e. The number of rotatable bonds is 2. The summed E-state index contributed by atoms with van der Waals surface area (Å²) in [5, 5.41) is 5.54. The van der Waals surface area contributed by atoms with Crippen LogP contribution < -0.4 is 5.32 Å². The molecule has 17 heavy (non-hydrogen) atoms. The fraction of sp³-hybridized carbons (Fsp3) is 0.0909. The average molecular weight is 238 g/mol. The number of hydrogen-bond acceptors (Lipinski definition) is 3. The van der Waals surface area contributed by atoms with Crippen molar-refractivity contribution in [2.75, 3.05) is 5.32 Å². The highest BCUT2D eigenvalue weighted by atomic mass is 19.1. The van der Waals surface area contributed by atoms with Crippen LogP contribution in [-0.4, -0.2) is 11.1 Å². The molecule has 1 amide bonds. The molecular weight excluding hydrogens is 230 g/mol. The highest BCUT2D eigenvalue weighted by Crippen LogP contribution is 2.19. The Hall–Kier alpha value is -2.24. The molecule has 0 atom stereocenters. The van der Waals surface area contributed by atoms with Gasteiger partial charge in [-0.25, -0.2) is 8.78 Å². The first kappa shape index (κ1) is 11.3. The lowest BCUT2D eigenvalue weighted by Crippen LogP contribution is -2.14. The van der Waals surface area contributed by atoms with Gasteiger partial charge in [-0.3, -0.25) is 4.79 Å². The van der Waals surface area contributed by atoms with E-state index in [4.69, 9.17) is 0 Å². The quantitative estimate of drug-likeness (QED) is 0.874. The maximum atomic E-state index is 13.3. The number of anilines is 1. The molecule has 0 spiro atoms. The van der Waals surface area contributed by atoms with Gasteiger partial charge in [-0.2, -0.15) is 0 Å². The van der Waals surface area contributed by atoms with E-state index in [0.29, 0.717) is 0 Å². The van der Waals surface area contributed by atoms with E-state index >= 15 is 0 Å². The highest BCUT2D eigenvalue weighted by Gasteiger charge is 2.16. The molecule has 0 aliphatic carbocycles. The molecule has 0 fully saturated rings. The van der Waals surface area contributed by atoms with Gasteiger partial charge in [0, 0.05) is 0 Å². The van der Waals surface area contributed by atoms with Crippen LogP contribution in [0.15, 0.2) is 28.9 Å². The number of carbonyl (C=O) groups excluding carboxylic acids is 1. The molecule has 2 aromatic rings. The summed E-state index contributed by atoms with van der Waals surface area (Å²) in [7, 11) is 0. The van der Waals surface area contributed by atoms with E-state index in [1.54, 1.807) is 0 Å². The number of nitrogens with one attached hydrogen (secondary N) is 1. The molecular formula is C11H8F2N2O2. The topological polar surface area (TPSA) is 55.1 Å². The SMILES string of the molecule is Cc1oncc1C(=O)Nc1c(F)cccc1F. The van der Waals surface area contributed by atoms with E-state index in [0.717, 1.165) is 12.1 Å². The summed E-state index contributed by atoms with van der Waals surface area (Å²) in [4.78, 5) is 11.7. The van der Waals surface area contributed by atoms with Crippen molar-refractivity contribution in [1.29, 1.82) is 0 Å². The van der Waals surface area contributed by atoms with Gasteiger partial charge in [0.15, 0.2) is 0 Å². The first-order valence-corrected chi connectivity index (χ1v) is 4.76. The van der Waals surface area contributed by atoms with E-state index in [1.165, 1.54) is 19.2 Å². The van der Waals surface area contributed by atoms with Gasteiger partial charge in [-0.05, 0) is 19.1 Å². The fourth-order valence-corrected chi connectivity index (χ4v) is 1.31. The second-order valence-electron chi connectivity index (χ2n) is 3.35. The van der Waals surface area contributed by atoms with Crippen LogP contribution in [0, 0.1) is 18.6 Å². The molecule has 0 aliphatic rings. The fourth-order valence-electron chi connectivity index (χ4n) is 1.31. The van der Waals surface area contributed by atoms with E-state index < -0.39 is 23.2 Å². The van der Waals surface area contributed by atoms with E-state index in [9.17, 15) is 13.6 Å². The normalized spacial score (nSPS) is 10.3. The Balaban J connectivity index is 2.28. The number of para-hydroxylation sites is 1. The van der Waals surface area contributed by atoms with Crippen LogP contribution in [0.3, 0.4) is 0 Å². The van der Waals surface area contributed by atoms with Gasteiger partial charge in [0.1, 0.15) is 28.6 Å². The smallest absolute Gasteiger partial charge is 0.261 e. The third kappa shape index (κ3) is 2.15. The van der Waals surface area contributed by atoms with Crippen LogP contribution in [0.25, 0.3) is 0 Å². The lowest BCUT2D eigenvalue weighted by Gasteiger charge is -2.05. The van der Waals surface area contributed by atoms with Crippen LogP contribution in [0.5, 0.6) is 0 Å². The van der Waals surface area contributed by atoms with Crippen molar-refractivity contribution in [1.82, 2.24) is 5.16 Å². The summed E-state index contributed by atoms with van der Waals surface area (Å²) in [6.07, 6.45) is 1.18. The Labute approximate surface area is 95.2 Å². The molecule has 0 unspecified atom stereocenters. The standard InChI is InChI=1S/C11H8F2N2O2/c1-6-7(5-14-17-6)11(16)15-10-8(12)3-2-4-9(10)13/h2-5H,1H3,(H,15,16). The molecule has 6 heteroatoms. The number of aryl methyl sites for hydroxylation is 1. The van der Waals surface area contributed by atoms with Crippen molar-refractivity contribution in [2.24, 2.45) is 0 Å². The van der Waals surface area contributed by atoms with Crippen LogP contribution in [0.1, 0.15) is 16.1 Å². The Morgan fingerprint density at radius 2 is 2.00 bits per heavy atom. The Bertz CT molecular complexity index is 546. The molecule has 1 aromatic heterocycles. The summed E-state index contributed by atoms with van der Waals surface area (Å²) in [5.74, 6) is -2.08. The summed E-state index contributed by atoms with van der Waals surface area (Å²) in [5.41, 5.74) is -0.356. The molecule has 0 saturated carbocycles. The number of benzene rings is 1. The van der Waals surface area contributed by atoms with Crippen LogP contribution >= 0.6 is 0 Å². The molecule has 2 rings (SSSR count). The van der Waals surface area contributed by atoms with E-state index in [-0.39, 0.29) is 11.3 Å². The van der Waals surface area contributed by atoms with Crippen molar-refractivity contribution in [2.45, 2.75) is 6.92 Å². The second-order valence-corrected chi connectivity index (χ2v) is 3.35. The third-order valence-electron chi connectivity index (χ3n) is 2.20. The number of carbonyl (C=O) groups is 1. The van der Waals surface area contributed by atoms with Crippen LogP contribution in [-0.2, 0) is 0 Å². The number of aromatic nitrogens is 1. The lowest BCUT2D eigenvalue weighted by molar-refractivity contribution is 0.102. The van der Waals surface area contributed by atoms with Gasteiger partial charge in [0.25, 0.3) is 5.91 Å². The monoisotopic (exact) mass is 238 g/mol. The molecule has 0 radical (unpaired) electrons. The van der Waals surface area contributed by atoms with E-state index in [1.807, 2.05) is 0 Å². The summed E-state index contributed by atoms with van der Waals surface area (Å²) < 4.78 is 31.2. The predicted molar refractivity (Wildman–Crippen MR) is 55.6 cm³/mol. The maximum absolute atomic E-state index is 13.3. The molecule has 0 aliphatic heterocycles. The van der Waals surface area contributed by atoms with Gasteiger partial charge in [0.2, 0.25) is 0 Å². The largest absolute Gasteiger partial charge is 0.361 e. The minimum Gasteiger partial charge on any atom is -0.361 e. The predicted octanol–water partition coefficient (Wildman–Crippen LogP) is 2.51. The highest BCUT2D eigenvalue weighted by molar-refractivity contribution is 6.04. The number of hydrogen-bond donors (Lipinski definition) is 1. The molecule has 0 saturated heterocycles. The Morgan fingerprint density at radius 1 is 1.35 bits per heavy atom. The number of nitrogens with zero attached hydrogens (tertiary/aromatic N) is 1. The zero-order chi connectivity index (χ0) is 12.4.